The van der Waals surface area contributed by atoms with Crippen molar-refractivity contribution in [3.63, 3.8) is 0 Å². The molecule has 3 heteroatoms. The third-order valence-corrected chi connectivity index (χ3v) is 4.24. The minimum absolute atomic E-state index is 0. The number of rotatable bonds is 5. The Morgan fingerprint density at radius 1 is 1.00 bits per heavy atom. The first-order valence-electron chi connectivity index (χ1n) is 8.24. The Labute approximate surface area is 170 Å². The zero-order valence-electron chi connectivity index (χ0n) is 15.8. The minimum Gasteiger partial charge on any atom is -0.488 e. The molecule has 0 amide bonds. The predicted octanol–water partition coefficient (Wildman–Crippen LogP) is 8.46. The number of ether oxygens (including phenoxy) is 1. The molecule has 0 saturated heterocycles. The maximum absolute atomic E-state index is 14.8. The van der Waals surface area contributed by atoms with E-state index in [4.69, 9.17) is 4.74 Å². The molecule has 1 unspecified atom stereocenters. The molecule has 1 rings (SSSR count). The molecule has 0 aliphatic rings. The second kappa shape index (κ2) is 11.3. The van der Waals surface area contributed by atoms with E-state index in [-0.39, 0.29) is 41.1 Å². The number of nitriles is 1. The van der Waals surface area contributed by atoms with Gasteiger partial charge in [-0.1, -0.05) is 50.5 Å². The Hall–Kier alpha value is -1.56. The Bertz CT molecular complexity index is 585. The molecule has 0 N–H and O–H groups in total. The number of hydrogen-bond acceptors (Lipinski definition) is 2. The molecular weight excluding hydrogens is 337 g/mol. The Balaban J connectivity index is -0.000000661. The van der Waals surface area contributed by atoms with Gasteiger partial charge < -0.3 is 4.74 Å². The van der Waals surface area contributed by atoms with E-state index in [0.29, 0.717) is 17.7 Å². The predicted molar refractivity (Wildman–Crippen MR) is 120 cm³/mol. The van der Waals surface area contributed by atoms with Crippen molar-refractivity contribution in [1.82, 2.24) is 0 Å². The van der Waals surface area contributed by atoms with Gasteiger partial charge in [0.05, 0.1) is 11.5 Å². The summed E-state index contributed by atoms with van der Waals surface area (Å²) >= 11 is 0. The first-order valence-corrected chi connectivity index (χ1v) is 8.24. The average molecular weight is 384 g/mol. The van der Waals surface area contributed by atoms with Crippen LogP contribution >= 0.6 is 0 Å². The summed E-state index contributed by atoms with van der Waals surface area (Å²) in [5, 5.41) is 9.44. The van der Waals surface area contributed by atoms with E-state index in [9.17, 15) is 9.65 Å². The summed E-state index contributed by atoms with van der Waals surface area (Å²) in [5.74, 6) is 0.288. The van der Waals surface area contributed by atoms with Crippen LogP contribution in [0.2, 0.25) is 0 Å². The normalized spacial score (nSPS) is 12.7. The fourth-order valence-corrected chi connectivity index (χ4v) is 3.29. The highest BCUT2D eigenvalue weighted by Crippen LogP contribution is 2.41. The van der Waals surface area contributed by atoms with E-state index in [1.54, 1.807) is 0 Å². The van der Waals surface area contributed by atoms with Crippen molar-refractivity contribution in [2.45, 2.75) is 109 Å². The lowest BCUT2D eigenvalue weighted by Gasteiger charge is -2.34. The maximum Gasteiger partial charge on any atom is 0.130 e. The van der Waals surface area contributed by atoms with E-state index < -0.39 is 10.8 Å². The van der Waals surface area contributed by atoms with E-state index in [2.05, 4.69) is 6.07 Å². The van der Waals surface area contributed by atoms with E-state index in [1.165, 1.54) is 6.07 Å². The molecule has 0 aliphatic carbocycles. The van der Waals surface area contributed by atoms with Crippen LogP contribution in [-0.2, 0) is 5.41 Å². The molecule has 0 radical (unpaired) electrons. The molecule has 1 aromatic carbocycles. The lowest BCUT2D eigenvalue weighted by molar-refractivity contribution is 0.130. The average Bonchev–Trinajstić information content (AvgIpc) is 2.34. The maximum atomic E-state index is 14.8. The van der Waals surface area contributed by atoms with Gasteiger partial charge in [0.15, 0.2) is 0 Å². The van der Waals surface area contributed by atoms with Gasteiger partial charge in [-0.3, -0.25) is 0 Å². The molecule has 1 aromatic rings. The Morgan fingerprint density at radius 3 is 1.81 bits per heavy atom. The van der Waals surface area contributed by atoms with Crippen molar-refractivity contribution in [2.24, 2.45) is 5.41 Å². The molecule has 0 spiro atoms. The molecule has 27 heavy (non-hydrogen) atoms. The van der Waals surface area contributed by atoms with Crippen LogP contribution in [-0.4, -0.2) is 5.60 Å². The van der Waals surface area contributed by atoms with Crippen molar-refractivity contribution in [3.8, 4) is 11.8 Å². The Morgan fingerprint density at radius 2 is 1.48 bits per heavy atom. The molecule has 2 nitrogen and oxygen atoms in total. The summed E-state index contributed by atoms with van der Waals surface area (Å²) in [5.41, 5.74) is 0.300. The summed E-state index contributed by atoms with van der Waals surface area (Å²) in [6, 6.07) is 5.74. The topological polar surface area (TPSA) is 33.0 Å². The summed E-state index contributed by atoms with van der Waals surface area (Å²) in [6.45, 7) is 15.7. The summed E-state index contributed by atoms with van der Waals surface area (Å²) in [7, 11) is 0. The van der Waals surface area contributed by atoms with Gasteiger partial charge in [0.2, 0.25) is 0 Å². The van der Waals surface area contributed by atoms with Crippen LogP contribution in [0.1, 0.15) is 102 Å². The van der Waals surface area contributed by atoms with Gasteiger partial charge in [-0.2, -0.15) is 5.26 Å². The van der Waals surface area contributed by atoms with Crippen molar-refractivity contribution in [1.29, 1.82) is 5.26 Å². The third-order valence-electron chi connectivity index (χ3n) is 4.24. The molecule has 0 bridgehead atoms. The summed E-state index contributed by atoms with van der Waals surface area (Å²) < 4.78 is 20.6. The van der Waals surface area contributed by atoms with Gasteiger partial charge in [0.25, 0.3) is 0 Å². The second-order valence-electron chi connectivity index (χ2n) is 8.40. The number of hydrogen-bond donors (Lipinski definition) is 0. The minimum atomic E-state index is -0.455. The molecule has 0 saturated carbocycles. The lowest BCUT2D eigenvalue weighted by atomic mass is 9.69. The highest BCUT2D eigenvalue weighted by atomic mass is 19.1. The highest BCUT2D eigenvalue weighted by molar-refractivity contribution is 5.41. The van der Waals surface area contributed by atoms with Gasteiger partial charge in [0.1, 0.15) is 17.2 Å². The quantitative estimate of drug-likeness (QED) is 0.511. The number of nitrogens with zero attached hydrogens (tertiary/aromatic N) is 1. The van der Waals surface area contributed by atoms with Gasteiger partial charge in [0, 0.05) is 6.07 Å². The Kier molecular flexibility index (Phi) is 13.9. The summed E-state index contributed by atoms with van der Waals surface area (Å²) in [6.07, 6.45) is 1.36. The fourth-order valence-electron chi connectivity index (χ4n) is 3.29. The van der Waals surface area contributed by atoms with Crippen LogP contribution in [0.4, 0.5) is 4.39 Å². The monoisotopic (exact) mass is 383 g/mol. The first-order chi connectivity index (χ1) is 10.3. The fraction of sp³-hybridized carbons (Fsp3) is 0.708. The number of aryl methyl sites for hydroxylation is 1. The van der Waals surface area contributed by atoms with Crippen LogP contribution in [0.3, 0.4) is 0 Å². The van der Waals surface area contributed by atoms with E-state index in [1.807, 2.05) is 61.5 Å². The van der Waals surface area contributed by atoms with Crippen LogP contribution in [0.15, 0.2) is 12.1 Å². The molecule has 1 atom stereocenters. The van der Waals surface area contributed by atoms with Crippen molar-refractivity contribution < 1.29 is 9.13 Å². The smallest absolute Gasteiger partial charge is 0.130 e. The zero-order valence-corrected chi connectivity index (χ0v) is 15.8. The van der Waals surface area contributed by atoms with Crippen LogP contribution in [0, 0.1) is 29.5 Å². The largest absolute Gasteiger partial charge is 0.488 e. The van der Waals surface area contributed by atoms with Crippen molar-refractivity contribution in [3.05, 3.63) is 29.1 Å². The molecule has 160 valence electrons. The summed E-state index contributed by atoms with van der Waals surface area (Å²) in [4.78, 5) is 0. The molecule has 0 aliphatic heterocycles. The molecule has 0 heterocycles. The molecular formula is C24H46FNO. The zero-order chi connectivity index (χ0) is 18.1. The van der Waals surface area contributed by atoms with E-state index >= 15 is 0 Å². The first kappa shape index (κ1) is 33.1. The van der Waals surface area contributed by atoms with Crippen LogP contribution in [0.25, 0.3) is 0 Å². The highest BCUT2D eigenvalue weighted by Gasteiger charge is 2.35. The molecule has 0 fully saturated rings. The second-order valence-corrected chi connectivity index (χ2v) is 8.40. The third kappa shape index (κ3) is 8.78. The number of benzene rings is 1. The lowest BCUT2D eigenvalue weighted by Crippen LogP contribution is -2.29. The van der Waals surface area contributed by atoms with Crippen molar-refractivity contribution >= 4 is 0 Å². The van der Waals surface area contributed by atoms with Gasteiger partial charge in [-0.05, 0) is 70.1 Å². The standard InChI is InChI=1S/C20H30FNO.4CH4/c1-9-20(8,13-22)12-19(6,7)17-14(2)10-15(11-16(17)21)23-18(3,4)5;;;;/h10-11H,9,12H2,1-8H3;4*1H4. The SMILES string of the molecule is C.C.C.C.CCC(C)(C#N)CC(C)(C)c1c(C)cc(OC(C)(C)C)cc1F. The van der Waals surface area contributed by atoms with Gasteiger partial charge in [-0.15, -0.1) is 0 Å². The van der Waals surface area contributed by atoms with Crippen LogP contribution in [0.5, 0.6) is 5.75 Å². The van der Waals surface area contributed by atoms with E-state index in [0.717, 1.165) is 12.0 Å². The van der Waals surface area contributed by atoms with Gasteiger partial charge >= 0.3 is 0 Å². The van der Waals surface area contributed by atoms with Gasteiger partial charge in [-0.25, -0.2) is 4.39 Å². The number of halogens is 1. The van der Waals surface area contributed by atoms with Crippen LogP contribution < -0.4 is 4.74 Å². The van der Waals surface area contributed by atoms with Crippen molar-refractivity contribution in [2.75, 3.05) is 0 Å². The molecule has 0 aromatic heterocycles.